The van der Waals surface area contributed by atoms with E-state index < -0.39 is 83.4 Å². The highest BCUT2D eigenvalue weighted by molar-refractivity contribution is 6.00. The molecule has 2 aromatic rings. The number of ether oxygens (including phenoxy) is 5. The van der Waals surface area contributed by atoms with Crippen molar-refractivity contribution in [2.24, 2.45) is 23.7 Å². The largest absolute Gasteiger partial charge is 0.623 e. The van der Waals surface area contributed by atoms with E-state index in [1.165, 1.54) is 19.0 Å². The number of aliphatic hydroxyl groups excluding tert-OH is 1. The standard InChI is InChI=1S/C42H63N7O11/c1-12-30-42(8)35-25(4)32(48(54)22-47(49(35)40(53)59-42)19-13-14-31-44-37(45-60-31)28-15-17-43-18-16-28)23(2)21-41(7,55-11)36(26(5)33(50)27(6)38(52)57-30)58-39-34(51)29(46(9)10)20-24(3)56-39/h15-18,23-27,29-30,34-36,39,51H,12-14,19-22H2,1-11H3/t23-,24-,25-,26+,27-,29+,30+,34-,35-,36-,39+,41+,42-/m1/s1. The number of amides is 1. The number of ketones is 1. The van der Waals surface area contributed by atoms with Gasteiger partial charge in [0.2, 0.25) is 18.4 Å². The summed E-state index contributed by atoms with van der Waals surface area (Å²) in [7, 11) is 5.26. The molecule has 0 aromatic carbocycles. The summed E-state index contributed by atoms with van der Waals surface area (Å²) in [5.41, 5.74) is -1.47. The Morgan fingerprint density at radius 3 is 2.43 bits per heavy atom. The summed E-state index contributed by atoms with van der Waals surface area (Å²) in [4.78, 5) is 53.1. The molecule has 6 rings (SSSR count). The highest BCUT2D eigenvalue weighted by Gasteiger charge is 2.64. The van der Waals surface area contributed by atoms with Crippen LogP contribution in [0.5, 0.6) is 0 Å². The van der Waals surface area contributed by atoms with Crippen molar-refractivity contribution in [2.75, 3.05) is 34.4 Å². The van der Waals surface area contributed by atoms with Crippen LogP contribution < -0.4 is 0 Å². The fourth-order valence-corrected chi connectivity index (χ4v) is 9.98. The number of rotatable bonds is 10. The predicted molar refractivity (Wildman–Crippen MR) is 216 cm³/mol. The molecular weight excluding hydrogens is 778 g/mol. The molecule has 4 aliphatic heterocycles. The number of pyridine rings is 1. The summed E-state index contributed by atoms with van der Waals surface area (Å²) in [5, 5.41) is 33.5. The molecule has 0 radical (unpaired) electrons. The number of hydrazine groups is 1. The summed E-state index contributed by atoms with van der Waals surface area (Å²) in [6.45, 7) is 14.3. The Labute approximate surface area is 352 Å². The second-order valence-electron chi connectivity index (χ2n) is 17.7. The molecule has 18 nitrogen and oxygen atoms in total. The first kappa shape index (κ1) is 45.5. The minimum Gasteiger partial charge on any atom is -0.623 e. The number of hydrogen-bond donors (Lipinski definition) is 1. The van der Waals surface area contributed by atoms with Crippen molar-refractivity contribution >= 4 is 23.6 Å². The quantitative estimate of drug-likeness (QED) is 0.156. The maximum atomic E-state index is 14.7. The Hall–Kier alpha value is -4.07. The average molecular weight is 842 g/mol. The number of hydroxylamine groups is 1. The molecule has 60 heavy (non-hydrogen) atoms. The molecule has 2 bridgehead atoms. The second kappa shape index (κ2) is 18.1. The van der Waals surface area contributed by atoms with Crippen LogP contribution in [-0.4, -0.2) is 152 Å². The van der Waals surface area contributed by atoms with Crippen molar-refractivity contribution in [1.29, 1.82) is 0 Å². The normalized spacial score (nSPS) is 37.2. The Morgan fingerprint density at radius 1 is 1.08 bits per heavy atom. The molecule has 1 amide bonds. The van der Waals surface area contributed by atoms with Crippen molar-refractivity contribution in [3.05, 3.63) is 35.6 Å². The van der Waals surface area contributed by atoms with Gasteiger partial charge >= 0.3 is 12.1 Å². The van der Waals surface area contributed by atoms with Gasteiger partial charge in [0.1, 0.15) is 24.2 Å². The van der Waals surface area contributed by atoms with Gasteiger partial charge in [0.25, 0.3) is 0 Å². The summed E-state index contributed by atoms with van der Waals surface area (Å²) >= 11 is 0. The topological polar surface area (TPSA) is 205 Å². The van der Waals surface area contributed by atoms with Crippen molar-refractivity contribution < 1.29 is 52.4 Å². The molecule has 3 saturated heterocycles. The number of nitrogens with zero attached hydrogens (tertiary/aromatic N) is 7. The number of aryl methyl sites for hydroxylation is 1. The molecule has 2 aromatic heterocycles. The lowest BCUT2D eigenvalue weighted by atomic mass is 9.73. The number of hydrogen-bond acceptors (Lipinski definition) is 16. The first-order chi connectivity index (χ1) is 28.3. The van der Waals surface area contributed by atoms with Gasteiger partial charge in [0.05, 0.1) is 23.7 Å². The molecule has 0 spiro atoms. The van der Waals surface area contributed by atoms with Gasteiger partial charge in [-0.25, -0.2) is 9.80 Å². The minimum absolute atomic E-state index is 0.185. The van der Waals surface area contributed by atoms with Gasteiger partial charge in [-0.3, -0.25) is 14.6 Å². The molecule has 18 heteroatoms. The van der Waals surface area contributed by atoms with Crippen LogP contribution in [0.1, 0.15) is 87.0 Å². The molecule has 0 saturated carbocycles. The van der Waals surface area contributed by atoms with Gasteiger partial charge in [-0.1, -0.05) is 32.9 Å². The zero-order chi connectivity index (χ0) is 43.8. The summed E-state index contributed by atoms with van der Waals surface area (Å²) in [5.74, 6) is -3.75. The molecule has 332 valence electrons. The van der Waals surface area contributed by atoms with Gasteiger partial charge in [0.15, 0.2) is 23.4 Å². The number of carbonyl (C=O) groups is 3. The number of esters is 1. The molecule has 6 heterocycles. The first-order valence-corrected chi connectivity index (χ1v) is 21.1. The number of Topliss-reactive ketones (excluding diaryl/α,β-unsaturated/α-hetero) is 1. The third kappa shape index (κ3) is 8.68. The number of cyclic esters (lactones) is 1. The van der Waals surface area contributed by atoms with E-state index in [0.29, 0.717) is 36.7 Å². The molecule has 0 unspecified atom stereocenters. The predicted octanol–water partition coefficient (Wildman–Crippen LogP) is 3.84. The summed E-state index contributed by atoms with van der Waals surface area (Å²) in [6.07, 6.45) is -0.0927. The Bertz CT molecular complexity index is 1880. The zero-order valence-corrected chi connectivity index (χ0v) is 36.8. The molecule has 4 aliphatic rings. The van der Waals surface area contributed by atoms with E-state index in [1.807, 2.05) is 53.6 Å². The monoisotopic (exact) mass is 841 g/mol. The number of methoxy groups -OCH3 is 1. The molecule has 0 aliphatic carbocycles. The van der Waals surface area contributed by atoms with Crippen molar-refractivity contribution in [3.63, 3.8) is 0 Å². The van der Waals surface area contributed by atoms with Crippen LogP contribution >= 0.6 is 0 Å². The van der Waals surface area contributed by atoms with E-state index in [-0.39, 0.29) is 38.2 Å². The summed E-state index contributed by atoms with van der Waals surface area (Å²) < 4.78 is 38.1. The Morgan fingerprint density at radius 2 is 1.78 bits per heavy atom. The maximum Gasteiger partial charge on any atom is 0.425 e. The maximum absolute atomic E-state index is 14.7. The van der Waals surface area contributed by atoms with Gasteiger partial charge in [-0.05, 0) is 79.6 Å². The number of carbonyl (C=O) groups excluding carboxylic acids is 3. The third-order valence-electron chi connectivity index (χ3n) is 13.2. The van der Waals surface area contributed by atoms with E-state index in [1.54, 1.807) is 43.4 Å². The lowest BCUT2D eigenvalue weighted by Crippen LogP contribution is -2.61. The molecule has 3 fully saturated rings. The smallest absolute Gasteiger partial charge is 0.425 e. The molecule has 13 atom stereocenters. The van der Waals surface area contributed by atoms with Gasteiger partial charge < -0.3 is 43.4 Å². The lowest BCUT2D eigenvalue weighted by Gasteiger charge is -2.47. The van der Waals surface area contributed by atoms with Crippen LogP contribution in [-0.2, 0) is 39.7 Å². The minimum atomic E-state index is -1.43. The second-order valence-corrected chi connectivity index (χ2v) is 17.7. The lowest BCUT2D eigenvalue weighted by molar-refractivity contribution is -0.494. The highest BCUT2D eigenvalue weighted by Crippen LogP contribution is 2.45. The van der Waals surface area contributed by atoms with E-state index in [2.05, 4.69) is 15.1 Å². The molecule has 1 N–H and O–H groups in total. The average Bonchev–Trinajstić information content (AvgIpc) is 3.76. The first-order valence-electron chi connectivity index (χ1n) is 21.1. The van der Waals surface area contributed by atoms with E-state index in [4.69, 9.17) is 28.2 Å². The fourth-order valence-electron chi connectivity index (χ4n) is 9.98. The van der Waals surface area contributed by atoms with Crippen LogP contribution in [0.25, 0.3) is 11.4 Å². The third-order valence-corrected chi connectivity index (χ3v) is 13.2. The van der Waals surface area contributed by atoms with Gasteiger partial charge in [-0.15, -0.1) is 0 Å². The van der Waals surface area contributed by atoms with E-state index in [9.17, 15) is 24.7 Å². The highest BCUT2D eigenvalue weighted by atomic mass is 16.7. The van der Waals surface area contributed by atoms with Crippen LogP contribution in [0.4, 0.5) is 4.79 Å². The SMILES string of the molecule is CC[C@@H]1OC(=O)[C@H](C)C(=O)[C@H](C)[C@@H](O[C@@H]2O[C@H](C)C[C@H](N(C)C)[C@H]2O)[C@@](C)(OC)C[C@@H](C)C2=[N+]([O-])CN(CCCc3nc(-c4ccncc4)no3)N3C(=O)O[C@@]1(C)[C@H]3[C@@H]2C. The number of likely N-dealkylation sites (N-methyl/N-ethyl adjacent to an activating group) is 1. The van der Waals surface area contributed by atoms with Gasteiger partial charge in [0, 0.05) is 55.9 Å². The van der Waals surface area contributed by atoms with Crippen LogP contribution in [0.2, 0.25) is 0 Å². The Kier molecular flexibility index (Phi) is 13.7. The van der Waals surface area contributed by atoms with E-state index in [0.717, 1.165) is 10.3 Å². The van der Waals surface area contributed by atoms with Crippen molar-refractivity contribution in [1.82, 2.24) is 30.0 Å². The zero-order valence-electron chi connectivity index (χ0n) is 36.8. The summed E-state index contributed by atoms with van der Waals surface area (Å²) in [6, 6.07) is 2.47. The fraction of sp³-hybridized carbons (Fsp3) is 0.738. The van der Waals surface area contributed by atoms with Crippen LogP contribution in [0, 0.1) is 28.9 Å². The number of fused-ring (bicyclic) bond motifs is 1. The number of aliphatic hydroxyl groups is 1. The van der Waals surface area contributed by atoms with Crippen molar-refractivity contribution in [2.45, 2.75) is 141 Å². The van der Waals surface area contributed by atoms with Gasteiger partial charge in [-0.2, -0.15) is 14.7 Å². The van der Waals surface area contributed by atoms with Crippen LogP contribution in [0.3, 0.4) is 0 Å². The van der Waals surface area contributed by atoms with Crippen molar-refractivity contribution in [3.8, 4) is 11.4 Å². The Balaban J connectivity index is 1.38. The number of aromatic nitrogens is 3. The van der Waals surface area contributed by atoms with E-state index >= 15 is 0 Å². The molecular formula is C42H63N7O11. The van der Waals surface area contributed by atoms with Crippen LogP contribution in [0.15, 0.2) is 29.0 Å².